The number of allylic oxidation sites excluding steroid dienone is 2. The monoisotopic (exact) mass is 950 g/mol. The van der Waals surface area contributed by atoms with E-state index in [1.165, 1.54) is 25.9 Å². The Morgan fingerprint density at radius 2 is 1.17 bits per heavy atom. The molecule has 19 heteroatoms. The highest BCUT2D eigenvalue weighted by molar-refractivity contribution is 7.62. The van der Waals surface area contributed by atoms with Crippen LogP contribution in [0.3, 0.4) is 0 Å². The summed E-state index contributed by atoms with van der Waals surface area (Å²) in [5.41, 5.74) is 6.71. The van der Waals surface area contributed by atoms with Gasteiger partial charge in [-0.15, -0.1) is 0 Å². The number of aromatic hydroxyl groups is 1. The molecule has 0 saturated heterocycles. The third-order valence-corrected chi connectivity index (χ3v) is 14.8. The number of fused-ring (bicyclic) bond motifs is 2. The number of ether oxygens (including phenoxy) is 5. The van der Waals surface area contributed by atoms with Crippen molar-refractivity contribution in [3.8, 4) is 23.0 Å². The molecule has 2 heterocycles. The molecule has 0 saturated carbocycles. The lowest BCUT2D eigenvalue weighted by Crippen LogP contribution is -2.33. The summed E-state index contributed by atoms with van der Waals surface area (Å²) >= 11 is 0. The number of amides is 2. The maximum absolute atomic E-state index is 12.6. The molecule has 2 aromatic carbocycles. The minimum atomic E-state index is -4.21. The second-order valence-electron chi connectivity index (χ2n) is 18.0. The van der Waals surface area contributed by atoms with Crippen LogP contribution in [-0.4, -0.2) is 129 Å². The van der Waals surface area contributed by atoms with Crippen LogP contribution in [-0.2, 0) is 54.2 Å². The molecule has 4 rings (SSSR count). The summed E-state index contributed by atoms with van der Waals surface area (Å²) < 4.78 is 51.1. The minimum absolute atomic E-state index is 0.0460. The third kappa shape index (κ3) is 15.1. The number of methoxy groups -OCH3 is 2. The Balaban J connectivity index is 0.000000346. The highest BCUT2D eigenvalue weighted by Crippen LogP contribution is 2.44. The molecule has 356 valence electrons. The van der Waals surface area contributed by atoms with E-state index in [-0.39, 0.29) is 61.8 Å². The van der Waals surface area contributed by atoms with Gasteiger partial charge in [-0.2, -0.15) is 0 Å². The largest absolute Gasteiger partial charge is 0.507 e. The first-order chi connectivity index (χ1) is 29.6. The number of hydrogen-bond acceptors (Lipinski definition) is 12. The zero-order chi connectivity index (χ0) is 48.5. The Kier molecular flexibility index (Phi) is 19.1. The van der Waals surface area contributed by atoms with Gasteiger partial charge < -0.3 is 52.9 Å². The van der Waals surface area contributed by atoms with Crippen LogP contribution in [0.2, 0.25) is 25.7 Å². The molecule has 0 atom stereocenters. The van der Waals surface area contributed by atoms with Crippen molar-refractivity contribution < 1.29 is 66.9 Å². The van der Waals surface area contributed by atoms with Crippen molar-refractivity contribution in [3.05, 3.63) is 67.8 Å². The lowest BCUT2D eigenvalue weighted by molar-refractivity contribution is -0.129. The fourth-order valence-electron chi connectivity index (χ4n) is 7.25. The SMILES string of the molecule is COc1c(C)c2c(c(O)c1C/C=C(\C)CN(CCP(=O)(O)O)C(C)=O)C(=O)OC2.COc1c(C)c2c(c(OCC[Si](C)(C)C)c1C/C=C(\C)CN(CCP(C)(C)=O)C(C)=O)C(=O)OC2. The van der Waals surface area contributed by atoms with Crippen molar-refractivity contribution in [3.63, 3.8) is 0 Å². The highest BCUT2D eigenvalue weighted by atomic mass is 31.2. The Morgan fingerprint density at radius 1 is 0.734 bits per heavy atom. The quantitative estimate of drug-likeness (QED) is 0.0516. The first-order valence-electron chi connectivity index (χ1n) is 21.1. The standard InChI is InChI=1S/C26H42NO6PSi.C19H26NO8P/c1-18(16-27(20(3)28)12-14-34(5,6)30)10-11-21-24(31-4)19(2)22-17-33-26(29)23(22)25(21)32-13-15-35(7,8)9;1-11(9-20(13(3)21)7-8-29(24,25)26)5-6-14-17(22)16-15(10-28-19(16)23)12(2)18(14)27-4/h10H,11-17H2,1-9H3;5,22H,6-10H2,1-4H3,(H2,24,25,26)/b18-10+;11-5+. The molecule has 0 spiro atoms. The fraction of sp³-hybridized carbons (Fsp3) is 0.556. The minimum Gasteiger partial charge on any atom is -0.507 e. The first kappa shape index (κ1) is 53.9. The predicted molar refractivity (Wildman–Crippen MR) is 250 cm³/mol. The maximum Gasteiger partial charge on any atom is 0.342 e. The van der Waals surface area contributed by atoms with Gasteiger partial charge in [-0.1, -0.05) is 42.9 Å². The Labute approximate surface area is 378 Å². The zero-order valence-corrected chi connectivity index (χ0v) is 42.6. The Hall–Kier alpha value is -4.40. The number of carbonyl (C=O) groups is 4. The molecule has 2 amide bonds. The molecule has 2 aliphatic rings. The molecule has 0 radical (unpaired) electrons. The molecular formula is C45H68N2O14P2Si. The second kappa shape index (κ2) is 22.7. The number of nitrogens with zero attached hydrogens (tertiary/aromatic N) is 2. The number of hydrogen-bond donors (Lipinski definition) is 3. The lowest BCUT2D eigenvalue weighted by Gasteiger charge is -2.23. The molecule has 2 aromatic rings. The van der Waals surface area contributed by atoms with Gasteiger partial charge in [0.15, 0.2) is 0 Å². The van der Waals surface area contributed by atoms with Gasteiger partial charge >= 0.3 is 19.5 Å². The van der Waals surface area contributed by atoms with Crippen LogP contribution in [0.15, 0.2) is 23.3 Å². The van der Waals surface area contributed by atoms with E-state index >= 15 is 0 Å². The van der Waals surface area contributed by atoms with Crippen molar-refractivity contribution in [2.45, 2.75) is 93.3 Å². The van der Waals surface area contributed by atoms with E-state index in [0.29, 0.717) is 66.2 Å². The van der Waals surface area contributed by atoms with E-state index in [0.717, 1.165) is 39.4 Å². The first-order valence-corrected chi connectivity index (χ1v) is 29.4. The summed E-state index contributed by atoms with van der Waals surface area (Å²) in [4.78, 5) is 69.6. The number of carbonyl (C=O) groups excluding carboxylic acids is 4. The average molecular weight is 951 g/mol. The molecular weight excluding hydrogens is 883 g/mol. The van der Waals surface area contributed by atoms with Crippen molar-refractivity contribution >= 4 is 46.6 Å². The van der Waals surface area contributed by atoms with Crippen LogP contribution >= 0.6 is 14.7 Å². The molecule has 16 nitrogen and oxygen atoms in total. The summed E-state index contributed by atoms with van der Waals surface area (Å²) in [6, 6.07) is 0.966. The molecule has 0 unspecified atom stereocenters. The van der Waals surface area contributed by atoms with E-state index < -0.39 is 34.9 Å². The van der Waals surface area contributed by atoms with E-state index in [2.05, 4.69) is 19.6 Å². The van der Waals surface area contributed by atoms with Gasteiger partial charge in [0.2, 0.25) is 11.8 Å². The smallest absolute Gasteiger partial charge is 0.342 e. The van der Waals surface area contributed by atoms with Crippen molar-refractivity contribution in [2.75, 3.05) is 72.7 Å². The second-order valence-corrected chi connectivity index (χ2v) is 29.0. The zero-order valence-electron chi connectivity index (χ0n) is 39.8. The van der Waals surface area contributed by atoms with Gasteiger partial charge in [0.05, 0.1) is 34.1 Å². The van der Waals surface area contributed by atoms with Gasteiger partial charge in [0, 0.05) is 76.5 Å². The Morgan fingerprint density at radius 3 is 1.61 bits per heavy atom. The summed E-state index contributed by atoms with van der Waals surface area (Å²) in [7, 11) is -4.65. The Bertz CT molecular complexity index is 2250. The van der Waals surface area contributed by atoms with Gasteiger partial charge in [-0.05, 0) is 71.0 Å². The molecule has 2 aliphatic heterocycles. The molecule has 0 bridgehead atoms. The van der Waals surface area contributed by atoms with Gasteiger partial charge in [0.1, 0.15) is 47.3 Å². The molecule has 3 N–H and O–H groups in total. The average Bonchev–Trinajstić information content (AvgIpc) is 3.77. The molecule has 64 heavy (non-hydrogen) atoms. The van der Waals surface area contributed by atoms with E-state index in [9.17, 15) is 33.4 Å². The maximum atomic E-state index is 12.6. The summed E-state index contributed by atoms with van der Waals surface area (Å²) in [5.74, 6) is 0.252. The normalized spacial score (nSPS) is 13.9. The van der Waals surface area contributed by atoms with Crippen LogP contribution in [0, 0.1) is 13.8 Å². The van der Waals surface area contributed by atoms with Crippen molar-refractivity contribution in [1.29, 1.82) is 0 Å². The number of phenolic OH excluding ortho intramolecular Hbond substituents is 1. The highest BCUT2D eigenvalue weighted by Gasteiger charge is 2.34. The summed E-state index contributed by atoms with van der Waals surface area (Å²) in [6.07, 6.45) is 4.63. The number of benzene rings is 2. The predicted octanol–water partition coefficient (Wildman–Crippen LogP) is 7.25. The van der Waals surface area contributed by atoms with E-state index in [1.54, 1.807) is 45.3 Å². The van der Waals surface area contributed by atoms with Gasteiger partial charge in [0.25, 0.3) is 0 Å². The van der Waals surface area contributed by atoms with Crippen LogP contribution in [0.5, 0.6) is 23.0 Å². The van der Waals surface area contributed by atoms with Crippen molar-refractivity contribution in [1.82, 2.24) is 9.80 Å². The molecule has 0 aromatic heterocycles. The van der Waals surface area contributed by atoms with E-state index in [1.807, 2.05) is 19.9 Å². The summed E-state index contributed by atoms with van der Waals surface area (Å²) in [5, 5.41) is 10.6. The summed E-state index contributed by atoms with van der Waals surface area (Å²) in [6.45, 7) is 22.6. The molecule has 0 fully saturated rings. The topological polar surface area (TPSA) is 216 Å². The number of cyclic esters (lactones) is 2. The van der Waals surface area contributed by atoms with Gasteiger partial charge in [-0.3, -0.25) is 14.2 Å². The van der Waals surface area contributed by atoms with Crippen LogP contribution in [0.1, 0.15) is 81.8 Å². The van der Waals surface area contributed by atoms with Crippen LogP contribution in [0.4, 0.5) is 0 Å². The number of rotatable bonds is 20. The van der Waals surface area contributed by atoms with Gasteiger partial charge in [-0.25, -0.2) is 9.59 Å². The fourth-order valence-corrected chi connectivity index (χ4v) is 9.19. The third-order valence-electron chi connectivity index (χ3n) is 11.0. The van der Waals surface area contributed by atoms with Crippen molar-refractivity contribution in [2.24, 2.45) is 0 Å². The van der Waals surface area contributed by atoms with Crippen LogP contribution < -0.4 is 14.2 Å². The number of phenols is 1. The lowest BCUT2D eigenvalue weighted by atomic mass is 9.94. The van der Waals surface area contributed by atoms with E-state index in [4.69, 9.17) is 33.5 Å². The van der Waals surface area contributed by atoms with Crippen LogP contribution in [0.25, 0.3) is 0 Å². The molecule has 0 aliphatic carbocycles. The number of esters is 2.